The molecule has 1 aliphatic carbocycles. The molecule has 1 aromatic carbocycles. The van der Waals surface area contributed by atoms with Crippen molar-refractivity contribution in [1.29, 1.82) is 0 Å². The van der Waals surface area contributed by atoms with Crippen molar-refractivity contribution < 1.29 is 14.7 Å². The summed E-state index contributed by atoms with van der Waals surface area (Å²) in [5.41, 5.74) is 0. The van der Waals surface area contributed by atoms with Crippen LogP contribution < -0.4 is 10.4 Å². The van der Waals surface area contributed by atoms with E-state index in [1.807, 2.05) is 30.3 Å². The molecule has 0 heterocycles. The van der Waals surface area contributed by atoms with Gasteiger partial charge >= 0.3 is 5.97 Å². The van der Waals surface area contributed by atoms with E-state index in [4.69, 9.17) is 5.11 Å². The molecule has 5 heteroatoms. The summed E-state index contributed by atoms with van der Waals surface area (Å²) in [7, 11) is 0. The highest BCUT2D eigenvalue weighted by atomic mass is 32.2. The molecule has 0 saturated heterocycles. The highest BCUT2D eigenvalue weighted by Gasteiger charge is 2.10. The number of benzene rings is 1. The first-order valence-corrected chi connectivity index (χ1v) is 6.08. The molecule has 2 rings (SSSR count). The molecule has 1 amide bonds. The zero-order valence-corrected chi connectivity index (χ0v) is 10.3. The molecule has 0 atom stereocenters. The Labute approximate surface area is 108 Å². The Morgan fingerprint density at radius 2 is 2.17 bits per heavy atom. The molecule has 0 aromatic heterocycles. The Morgan fingerprint density at radius 3 is 2.83 bits per heavy atom. The summed E-state index contributed by atoms with van der Waals surface area (Å²) in [5.74, 6) is -1.01. The van der Waals surface area contributed by atoms with E-state index in [2.05, 4.69) is 0 Å². The SMILES string of the molecule is O=CN(CC=CC(=O)O)SC1=c2ccccc2=C1. The van der Waals surface area contributed by atoms with E-state index in [1.54, 1.807) is 0 Å². The lowest BCUT2D eigenvalue weighted by Gasteiger charge is -2.17. The second kappa shape index (κ2) is 5.55. The number of aliphatic carboxylic acids is 1. The summed E-state index contributed by atoms with van der Waals surface area (Å²) in [6.45, 7) is 0.264. The van der Waals surface area contributed by atoms with Crippen molar-refractivity contribution in [2.75, 3.05) is 6.54 Å². The van der Waals surface area contributed by atoms with Crippen LogP contribution in [0.5, 0.6) is 0 Å². The van der Waals surface area contributed by atoms with E-state index < -0.39 is 5.97 Å². The molecular weight excluding hydrogens is 250 g/mol. The molecule has 1 N–H and O–H groups in total. The number of amides is 1. The van der Waals surface area contributed by atoms with E-state index in [1.165, 1.54) is 22.3 Å². The number of rotatable bonds is 6. The van der Waals surface area contributed by atoms with Crippen molar-refractivity contribution >= 4 is 35.3 Å². The molecule has 0 radical (unpaired) electrons. The Bertz CT molecular complexity index is 621. The van der Waals surface area contributed by atoms with Gasteiger partial charge in [0.05, 0.1) is 6.54 Å². The quantitative estimate of drug-likeness (QED) is 0.456. The minimum atomic E-state index is -1.01. The average Bonchev–Trinajstić information content (AvgIpc) is 2.33. The smallest absolute Gasteiger partial charge is 0.328 e. The zero-order valence-electron chi connectivity index (χ0n) is 9.45. The monoisotopic (exact) mass is 261 g/mol. The molecule has 0 saturated carbocycles. The van der Waals surface area contributed by atoms with Crippen LogP contribution in [0.2, 0.25) is 0 Å². The summed E-state index contributed by atoms with van der Waals surface area (Å²) < 4.78 is 1.45. The normalized spacial score (nSPS) is 12.6. The van der Waals surface area contributed by atoms with Gasteiger partial charge in [-0.1, -0.05) is 30.3 Å². The first-order valence-electron chi connectivity index (χ1n) is 5.31. The topological polar surface area (TPSA) is 57.6 Å². The lowest BCUT2D eigenvalue weighted by Crippen LogP contribution is -2.33. The first-order chi connectivity index (χ1) is 8.70. The molecule has 1 aliphatic rings. The highest BCUT2D eigenvalue weighted by molar-refractivity contribution is 8.06. The minimum Gasteiger partial charge on any atom is -0.478 e. The van der Waals surface area contributed by atoms with Crippen LogP contribution in [0, 0.1) is 0 Å². The van der Waals surface area contributed by atoms with Crippen LogP contribution in [0.3, 0.4) is 0 Å². The maximum Gasteiger partial charge on any atom is 0.328 e. The number of hydrogen-bond donors (Lipinski definition) is 1. The number of fused-ring (bicyclic) bond motifs is 1. The van der Waals surface area contributed by atoms with Gasteiger partial charge in [-0.25, -0.2) is 4.79 Å². The molecule has 0 unspecified atom stereocenters. The molecule has 0 spiro atoms. The number of carboxylic acids is 1. The van der Waals surface area contributed by atoms with Gasteiger partial charge < -0.3 is 5.11 Å². The lowest BCUT2D eigenvalue weighted by molar-refractivity contribution is -0.131. The first kappa shape index (κ1) is 12.4. The fraction of sp³-hybridized carbons (Fsp3) is 0.0769. The lowest BCUT2D eigenvalue weighted by atomic mass is 10.1. The molecule has 0 bridgehead atoms. The summed E-state index contributed by atoms with van der Waals surface area (Å²) >= 11 is 1.31. The van der Waals surface area contributed by atoms with Crippen LogP contribution in [-0.4, -0.2) is 28.3 Å². The predicted octanol–water partition coefficient (Wildman–Crippen LogP) is 0.336. The fourth-order valence-corrected chi connectivity index (χ4v) is 2.47. The van der Waals surface area contributed by atoms with Crippen LogP contribution in [0.25, 0.3) is 11.0 Å². The number of carbonyl (C=O) groups is 2. The fourth-order valence-electron chi connectivity index (χ4n) is 1.55. The Morgan fingerprint density at radius 1 is 1.39 bits per heavy atom. The van der Waals surface area contributed by atoms with Crippen molar-refractivity contribution in [3.63, 3.8) is 0 Å². The molecule has 0 aliphatic heterocycles. The third-order valence-electron chi connectivity index (χ3n) is 2.39. The largest absolute Gasteiger partial charge is 0.478 e. The van der Waals surface area contributed by atoms with E-state index >= 15 is 0 Å². The Hall–Kier alpha value is -2.01. The second-order valence-electron chi connectivity index (χ2n) is 3.63. The molecule has 1 aromatic rings. The van der Waals surface area contributed by atoms with Crippen LogP contribution in [0.15, 0.2) is 36.4 Å². The van der Waals surface area contributed by atoms with Gasteiger partial charge in [-0.3, -0.25) is 9.10 Å². The van der Waals surface area contributed by atoms with Gasteiger partial charge in [0.2, 0.25) is 6.41 Å². The van der Waals surface area contributed by atoms with Gasteiger partial charge in [0, 0.05) is 11.0 Å². The maximum absolute atomic E-state index is 10.9. The van der Waals surface area contributed by atoms with E-state index in [0.29, 0.717) is 6.41 Å². The maximum atomic E-state index is 10.9. The van der Waals surface area contributed by atoms with Crippen molar-refractivity contribution in [1.82, 2.24) is 4.31 Å². The standard InChI is InChI=1S/C13H11NO3S/c15-9-14(7-3-6-13(16)17)18-12-8-10-4-1-2-5-11(10)12/h1-6,8-9H,7H2,(H,16,17). The van der Waals surface area contributed by atoms with Crippen molar-refractivity contribution in [3.8, 4) is 0 Å². The number of carbonyl (C=O) groups excluding carboxylic acids is 1. The third kappa shape index (κ3) is 2.81. The second-order valence-corrected chi connectivity index (χ2v) is 4.72. The van der Waals surface area contributed by atoms with Gasteiger partial charge in [0.25, 0.3) is 0 Å². The van der Waals surface area contributed by atoms with Crippen LogP contribution >= 0.6 is 11.9 Å². The van der Waals surface area contributed by atoms with E-state index in [-0.39, 0.29) is 6.54 Å². The van der Waals surface area contributed by atoms with Crippen LogP contribution in [-0.2, 0) is 9.59 Å². The molecule has 92 valence electrons. The summed E-state index contributed by atoms with van der Waals surface area (Å²) in [5, 5.41) is 10.7. The predicted molar refractivity (Wildman–Crippen MR) is 70.7 cm³/mol. The number of hydrogen-bond acceptors (Lipinski definition) is 3. The van der Waals surface area contributed by atoms with Crippen molar-refractivity contribution in [2.24, 2.45) is 0 Å². The summed E-state index contributed by atoms with van der Waals surface area (Å²) in [6.07, 6.45) is 5.16. The highest BCUT2D eigenvalue weighted by Crippen LogP contribution is 2.22. The Kier molecular flexibility index (Phi) is 3.84. The van der Waals surface area contributed by atoms with Crippen LogP contribution in [0.1, 0.15) is 0 Å². The molecule has 0 fully saturated rings. The molecule has 4 nitrogen and oxygen atoms in total. The zero-order chi connectivity index (χ0) is 13.0. The average molecular weight is 261 g/mol. The van der Waals surface area contributed by atoms with Gasteiger partial charge in [-0.2, -0.15) is 0 Å². The van der Waals surface area contributed by atoms with Crippen LogP contribution in [0.4, 0.5) is 0 Å². The minimum absolute atomic E-state index is 0.264. The molecular formula is C13H11NO3S. The van der Waals surface area contributed by atoms with Crippen molar-refractivity contribution in [2.45, 2.75) is 0 Å². The number of carboxylic acid groups (broad SMARTS) is 1. The van der Waals surface area contributed by atoms with Gasteiger partial charge in [-0.05, 0) is 28.5 Å². The summed E-state index contributed by atoms with van der Waals surface area (Å²) in [4.78, 5) is 22.2. The van der Waals surface area contributed by atoms with Gasteiger partial charge in [-0.15, -0.1) is 0 Å². The van der Waals surface area contributed by atoms with Gasteiger partial charge in [0.1, 0.15) is 0 Å². The van der Waals surface area contributed by atoms with E-state index in [9.17, 15) is 9.59 Å². The third-order valence-corrected chi connectivity index (χ3v) is 3.40. The Balaban J connectivity index is 2.02. The molecule has 18 heavy (non-hydrogen) atoms. The van der Waals surface area contributed by atoms with Crippen molar-refractivity contribution in [3.05, 3.63) is 46.9 Å². The summed E-state index contributed by atoms with van der Waals surface area (Å²) in [6, 6.07) is 7.91. The van der Waals surface area contributed by atoms with Gasteiger partial charge in [0.15, 0.2) is 0 Å². The number of nitrogens with zero attached hydrogens (tertiary/aromatic N) is 1. The van der Waals surface area contributed by atoms with E-state index in [0.717, 1.165) is 21.4 Å².